The second kappa shape index (κ2) is 7.85. The number of benzene rings is 1. The lowest BCUT2D eigenvalue weighted by Crippen LogP contribution is -2.11. The molecule has 0 bridgehead atoms. The van der Waals surface area contributed by atoms with Crippen molar-refractivity contribution in [3.63, 3.8) is 0 Å². The summed E-state index contributed by atoms with van der Waals surface area (Å²) in [5, 5.41) is 7.73. The number of carbonyl (C=O) groups excluding carboxylic acids is 1. The molecule has 6 nitrogen and oxygen atoms in total. The summed E-state index contributed by atoms with van der Waals surface area (Å²) in [6, 6.07) is 8.39. The largest absolute Gasteiger partial charge is 0.484 e. The molecule has 3 aromatic rings. The Morgan fingerprint density at radius 1 is 1.31 bits per heavy atom. The average molecular weight is 394 g/mol. The highest BCUT2D eigenvalue weighted by atomic mass is 35.5. The SMILES string of the molecule is CCn1ncc(NC(=O)c2ccc(COc3cccc(Cl)c3Cl)o2)c1C. The number of ether oxygens (including phenoxy) is 1. The maximum atomic E-state index is 12.3. The van der Waals surface area contributed by atoms with E-state index in [2.05, 4.69) is 10.4 Å². The van der Waals surface area contributed by atoms with Crippen molar-refractivity contribution >= 4 is 34.8 Å². The lowest BCUT2D eigenvalue weighted by molar-refractivity contribution is 0.0992. The highest BCUT2D eigenvalue weighted by molar-refractivity contribution is 6.42. The highest BCUT2D eigenvalue weighted by Crippen LogP contribution is 2.32. The van der Waals surface area contributed by atoms with Crippen LogP contribution in [0.15, 0.2) is 40.9 Å². The number of amides is 1. The number of hydrogen-bond donors (Lipinski definition) is 1. The molecule has 0 saturated heterocycles. The maximum absolute atomic E-state index is 12.3. The van der Waals surface area contributed by atoms with Gasteiger partial charge in [0.2, 0.25) is 0 Å². The van der Waals surface area contributed by atoms with E-state index >= 15 is 0 Å². The number of nitrogens with one attached hydrogen (secondary N) is 1. The molecular formula is C18H17Cl2N3O3. The molecule has 8 heteroatoms. The van der Waals surface area contributed by atoms with Gasteiger partial charge in [-0.15, -0.1) is 0 Å². The van der Waals surface area contributed by atoms with Crippen LogP contribution in [0.3, 0.4) is 0 Å². The number of halogens is 2. The van der Waals surface area contributed by atoms with Crippen LogP contribution in [0.5, 0.6) is 5.75 Å². The van der Waals surface area contributed by atoms with Gasteiger partial charge in [-0.2, -0.15) is 5.10 Å². The lowest BCUT2D eigenvalue weighted by atomic mass is 10.3. The van der Waals surface area contributed by atoms with Crippen molar-refractivity contribution in [2.24, 2.45) is 0 Å². The van der Waals surface area contributed by atoms with Crippen LogP contribution in [0, 0.1) is 6.92 Å². The van der Waals surface area contributed by atoms with E-state index in [4.69, 9.17) is 32.4 Å². The Morgan fingerprint density at radius 3 is 2.85 bits per heavy atom. The molecule has 0 atom stereocenters. The summed E-state index contributed by atoms with van der Waals surface area (Å²) in [5.74, 6) is 0.775. The van der Waals surface area contributed by atoms with Crippen LogP contribution >= 0.6 is 23.2 Å². The monoisotopic (exact) mass is 393 g/mol. The van der Waals surface area contributed by atoms with Crippen molar-refractivity contribution in [1.82, 2.24) is 9.78 Å². The summed E-state index contributed by atoms with van der Waals surface area (Å²) < 4.78 is 12.9. The zero-order valence-corrected chi connectivity index (χ0v) is 15.8. The zero-order valence-electron chi connectivity index (χ0n) is 14.3. The summed E-state index contributed by atoms with van der Waals surface area (Å²) in [6.45, 7) is 4.73. The van der Waals surface area contributed by atoms with Gasteiger partial charge in [0.05, 0.1) is 22.6 Å². The van der Waals surface area contributed by atoms with E-state index in [9.17, 15) is 4.79 Å². The van der Waals surface area contributed by atoms with Gasteiger partial charge in [0, 0.05) is 6.54 Å². The van der Waals surface area contributed by atoms with E-state index in [1.807, 2.05) is 13.8 Å². The standard InChI is InChI=1S/C18H17Cl2N3O3/c1-3-23-11(2)14(9-21-23)22-18(24)16-8-7-12(26-16)10-25-15-6-4-5-13(19)17(15)20/h4-9H,3,10H2,1-2H3,(H,22,24). The quantitative estimate of drug-likeness (QED) is 0.643. The minimum absolute atomic E-state index is 0.125. The van der Waals surface area contributed by atoms with Crippen LogP contribution < -0.4 is 10.1 Å². The smallest absolute Gasteiger partial charge is 0.291 e. The van der Waals surface area contributed by atoms with Gasteiger partial charge >= 0.3 is 0 Å². The molecular weight excluding hydrogens is 377 g/mol. The van der Waals surface area contributed by atoms with Gasteiger partial charge < -0.3 is 14.5 Å². The van der Waals surface area contributed by atoms with E-state index in [1.165, 1.54) is 0 Å². The molecule has 1 amide bonds. The second-order valence-electron chi connectivity index (χ2n) is 5.52. The molecule has 0 radical (unpaired) electrons. The van der Waals surface area contributed by atoms with Crippen LogP contribution in [-0.4, -0.2) is 15.7 Å². The Balaban J connectivity index is 1.64. The molecule has 26 heavy (non-hydrogen) atoms. The Hall–Kier alpha value is -2.44. The first kappa shape index (κ1) is 18.4. The Morgan fingerprint density at radius 2 is 2.12 bits per heavy atom. The third kappa shape index (κ3) is 3.86. The van der Waals surface area contributed by atoms with Crippen molar-refractivity contribution < 1.29 is 13.9 Å². The Kier molecular flexibility index (Phi) is 5.54. The number of furan rings is 1. The van der Waals surface area contributed by atoms with Crippen LogP contribution in [0.2, 0.25) is 10.0 Å². The van der Waals surface area contributed by atoms with Gasteiger partial charge in [-0.25, -0.2) is 0 Å². The third-order valence-corrected chi connectivity index (χ3v) is 4.62. The van der Waals surface area contributed by atoms with Crippen molar-refractivity contribution in [2.45, 2.75) is 27.0 Å². The number of aromatic nitrogens is 2. The zero-order chi connectivity index (χ0) is 18.7. The molecule has 0 aliphatic rings. The fourth-order valence-electron chi connectivity index (χ4n) is 2.39. The number of aryl methyl sites for hydroxylation is 1. The van der Waals surface area contributed by atoms with Gasteiger partial charge in [0.1, 0.15) is 23.1 Å². The van der Waals surface area contributed by atoms with E-state index in [0.717, 1.165) is 12.2 Å². The third-order valence-electron chi connectivity index (χ3n) is 3.82. The first-order valence-electron chi connectivity index (χ1n) is 7.99. The van der Waals surface area contributed by atoms with Crippen molar-refractivity contribution in [1.29, 1.82) is 0 Å². The molecule has 1 N–H and O–H groups in total. The van der Waals surface area contributed by atoms with Gasteiger partial charge in [-0.1, -0.05) is 29.3 Å². The van der Waals surface area contributed by atoms with Gasteiger partial charge in [0.25, 0.3) is 5.91 Å². The van der Waals surface area contributed by atoms with E-state index in [-0.39, 0.29) is 18.3 Å². The Labute approximate surface area is 160 Å². The fraction of sp³-hybridized carbons (Fsp3) is 0.222. The molecule has 0 aliphatic carbocycles. The maximum Gasteiger partial charge on any atom is 0.291 e. The predicted molar refractivity (Wildman–Crippen MR) is 100 cm³/mol. The number of hydrogen-bond acceptors (Lipinski definition) is 4. The molecule has 0 aliphatic heterocycles. The van der Waals surface area contributed by atoms with Crippen LogP contribution in [0.1, 0.15) is 28.9 Å². The van der Waals surface area contributed by atoms with Crippen molar-refractivity contribution in [3.8, 4) is 5.75 Å². The summed E-state index contributed by atoms with van der Waals surface area (Å²) in [7, 11) is 0. The number of nitrogens with zero attached hydrogens (tertiary/aromatic N) is 2. The number of carbonyl (C=O) groups is 1. The minimum atomic E-state index is -0.351. The molecule has 0 spiro atoms. The highest BCUT2D eigenvalue weighted by Gasteiger charge is 2.15. The van der Waals surface area contributed by atoms with Crippen LogP contribution in [0.4, 0.5) is 5.69 Å². The second-order valence-corrected chi connectivity index (χ2v) is 6.31. The number of anilines is 1. The number of rotatable bonds is 6. The fourth-order valence-corrected chi connectivity index (χ4v) is 2.74. The first-order valence-corrected chi connectivity index (χ1v) is 8.74. The topological polar surface area (TPSA) is 69.3 Å². The normalized spacial score (nSPS) is 10.8. The van der Waals surface area contributed by atoms with Gasteiger partial charge in [0.15, 0.2) is 5.76 Å². The summed E-state index contributed by atoms with van der Waals surface area (Å²) in [6.07, 6.45) is 1.62. The van der Waals surface area contributed by atoms with E-state index in [0.29, 0.717) is 27.2 Å². The molecule has 2 aromatic heterocycles. The van der Waals surface area contributed by atoms with Crippen LogP contribution in [0.25, 0.3) is 0 Å². The Bertz CT molecular complexity index is 934. The lowest BCUT2D eigenvalue weighted by Gasteiger charge is -2.07. The summed E-state index contributed by atoms with van der Waals surface area (Å²) in [4.78, 5) is 12.3. The predicted octanol–water partition coefficient (Wildman–Crippen LogP) is 4.94. The van der Waals surface area contributed by atoms with Gasteiger partial charge in [-0.05, 0) is 38.1 Å². The molecule has 1 aromatic carbocycles. The van der Waals surface area contributed by atoms with Crippen molar-refractivity contribution in [3.05, 3.63) is 63.8 Å². The van der Waals surface area contributed by atoms with E-state index < -0.39 is 0 Å². The molecule has 2 heterocycles. The van der Waals surface area contributed by atoms with Crippen LogP contribution in [-0.2, 0) is 13.2 Å². The summed E-state index contributed by atoms with van der Waals surface area (Å²) in [5.41, 5.74) is 1.53. The molecule has 0 fully saturated rings. The summed E-state index contributed by atoms with van der Waals surface area (Å²) >= 11 is 12.0. The molecule has 3 rings (SSSR count). The van der Waals surface area contributed by atoms with E-state index in [1.54, 1.807) is 41.2 Å². The average Bonchev–Trinajstić information content (AvgIpc) is 3.24. The van der Waals surface area contributed by atoms with Crippen molar-refractivity contribution in [2.75, 3.05) is 5.32 Å². The molecule has 0 saturated carbocycles. The molecule has 0 unspecified atom stereocenters. The molecule has 136 valence electrons. The van der Waals surface area contributed by atoms with Gasteiger partial charge in [-0.3, -0.25) is 9.48 Å². The first-order chi connectivity index (χ1) is 12.5. The minimum Gasteiger partial charge on any atom is -0.484 e.